The number of carbonyl (C=O) groups is 4. The van der Waals surface area contributed by atoms with Gasteiger partial charge in [0.2, 0.25) is 17.7 Å². The maximum Gasteiger partial charge on any atom is 0.329 e. The third-order valence-electron chi connectivity index (χ3n) is 6.46. The minimum Gasteiger partial charge on any atom is -0.460 e. The predicted octanol–water partition coefficient (Wildman–Crippen LogP) is 2.95. The topological polar surface area (TPSA) is 114 Å². The fourth-order valence-corrected chi connectivity index (χ4v) is 4.65. The first-order chi connectivity index (χ1) is 16.2. The van der Waals surface area contributed by atoms with E-state index in [0.29, 0.717) is 12.8 Å². The lowest BCUT2D eigenvalue weighted by atomic mass is 9.94. The molecule has 0 radical (unpaired) electrons. The zero-order valence-corrected chi connectivity index (χ0v) is 21.7. The van der Waals surface area contributed by atoms with Crippen molar-refractivity contribution in [3.8, 4) is 0 Å². The number of amides is 3. The van der Waals surface area contributed by atoms with Crippen molar-refractivity contribution in [2.24, 2.45) is 11.8 Å². The average molecular weight is 494 g/mol. The first kappa shape index (κ1) is 27.8. The number of esters is 1. The molecule has 34 heavy (non-hydrogen) atoms. The molecule has 3 N–H and O–H groups in total. The van der Waals surface area contributed by atoms with Gasteiger partial charge < -0.3 is 20.7 Å². The molecule has 0 unspecified atom stereocenters. The van der Waals surface area contributed by atoms with Crippen molar-refractivity contribution in [1.82, 2.24) is 16.0 Å². The van der Waals surface area contributed by atoms with Crippen molar-refractivity contribution in [1.29, 1.82) is 0 Å². The summed E-state index contributed by atoms with van der Waals surface area (Å²) in [6.07, 6.45) is 3.02. The van der Waals surface area contributed by atoms with E-state index in [1.165, 1.54) is 11.3 Å². The monoisotopic (exact) mass is 493 g/mol. The molecule has 1 saturated heterocycles. The molecule has 0 aromatic carbocycles. The molecule has 9 heteroatoms. The second kappa shape index (κ2) is 13.5. The zero-order valence-electron chi connectivity index (χ0n) is 20.9. The number of thiophene rings is 1. The molecule has 6 atom stereocenters. The third-order valence-corrected chi connectivity index (χ3v) is 7.35. The lowest BCUT2D eigenvalue weighted by molar-refractivity contribution is -0.158. The van der Waals surface area contributed by atoms with Crippen molar-refractivity contribution in [3.05, 3.63) is 22.4 Å². The van der Waals surface area contributed by atoms with Crippen molar-refractivity contribution < 1.29 is 23.9 Å². The van der Waals surface area contributed by atoms with E-state index in [9.17, 15) is 19.2 Å². The fourth-order valence-electron chi connectivity index (χ4n) is 3.90. The van der Waals surface area contributed by atoms with E-state index < -0.39 is 42.0 Å². The van der Waals surface area contributed by atoms with E-state index in [2.05, 4.69) is 22.9 Å². The van der Waals surface area contributed by atoms with Crippen molar-refractivity contribution in [2.75, 3.05) is 0 Å². The van der Waals surface area contributed by atoms with E-state index in [-0.39, 0.29) is 24.2 Å². The van der Waals surface area contributed by atoms with Crippen LogP contribution in [0.1, 0.15) is 71.6 Å². The quantitative estimate of drug-likeness (QED) is 0.482. The first-order valence-electron chi connectivity index (χ1n) is 12.3. The van der Waals surface area contributed by atoms with E-state index in [0.717, 1.165) is 24.1 Å². The Morgan fingerprint density at radius 2 is 1.79 bits per heavy atom. The van der Waals surface area contributed by atoms with Crippen LogP contribution in [0.3, 0.4) is 0 Å². The summed E-state index contributed by atoms with van der Waals surface area (Å²) >= 11 is 1.49. The Bertz CT molecular complexity index is 829. The van der Waals surface area contributed by atoms with Gasteiger partial charge in [-0.2, -0.15) is 0 Å². The van der Waals surface area contributed by atoms with Gasteiger partial charge >= 0.3 is 5.97 Å². The normalized spacial score (nSPS) is 26.6. The second-order valence-corrected chi connectivity index (χ2v) is 10.3. The van der Waals surface area contributed by atoms with Crippen LogP contribution < -0.4 is 16.0 Å². The predicted molar refractivity (Wildman–Crippen MR) is 132 cm³/mol. The number of rotatable bonds is 8. The van der Waals surface area contributed by atoms with Gasteiger partial charge in [0.15, 0.2) is 0 Å². The number of hydrogen-bond donors (Lipinski definition) is 3. The largest absolute Gasteiger partial charge is 0.460 e. The van der Waals surface area contributed by atoms with Crippen LogP contribution >= 0.6 is 11.3 Å². The summed E-state index contributed by atoms with van der Waals surface area (Å²) in [7, 11) is 0. The highest BCUT2D eigenvalue weighted by molar-refractivity contribution is 7.09. The molecule has 8 nitrogen and oxygen atoms in total. The lowest BCUT2D eigenvalue weighted by Gasteiger charge is -2.29. The highest BCUT2D eigenvalue weighted by Gasteiger charge is 2.35. The van der Waals surface area contributed by atoms with Crippen LogP contribution in [0.5, 0.6) is 0 Å². The molecule has 0 saturated carbocycles. The molecule has 3 amide bonds. The molecular weight excluding hydrogens is 454 g/mol. The molecule has 1 aromatic heterocycles. The zero-order chi connectivity index (χ0) is 25.3. The number of ether oxygens (including phenoxy) is 1. The number of carbonyl (C=O) groups excluding carboxylic acids is 4. The number of nitrogens with one attached hydrogen (secondary N) is 3. The Kier molecular flexibility index (Phi) is 11.0. The molecule has 0 aliphatic carbocycles. The highest BCUT2D eigenvalue weighted by Crippen LogP contribution is 2.21. The maximum atomic E-state index is 13.1. The van der Waals surface area contributed by atoms with Gasteiger partial charge in [-0.1, -0.05) is 53.0 Å². The standard InChI is InChI=1S/C25H39N3O5S/c1-6-8-10-16(4)20-14-21(29)27-19(13-18-11-9-12-34-18)24(31)26-17(5)23(30)28-22(15(3)7-2)25(32)33-20/h9,11-12,15-17,19-20,22H,6-8,10,13-14H2,1-5H3,(H,26,31)(H,27,29)(H,28,30)/t15-,16-,17-,19-,20-,22+/m0/s1. The smallest absolute Gasteiger partial charge is 0.329 e. The van der Waals surface area contributed by atoms with Crippen molar-refractivity contribution in [2.45, 2.75) is 97.4 Å². The minimum absolute atomic E-state index is 0.0401. The van der Waals surface area contributed by atoms with Crippen LogP contribution in [-0.4, -0.2) is 47.9 Å². The number of hydrogen-bond acceptors (Lipinski definition) is 6. The number of cyclic esters (lactones) is 1. The van der Waals surface area contributed by atoms with Crippen molar-refractivity contribution >= 4 is 35.0 Å². The molecule has 2 rings (SSSR count). The summed E-state index contributed by atoms with van der Waals surface area (Å²) in [6, 6.07) is 1.21. The van der Waals surface area contributed by atoms with Gasteiger partial charge in [-0.25, -0.2) is 4.79 Å². The Hall–Kier alpha value is -2.42. The van der Waals surface area contributed by atoms with Crippen LogP contribution in [0.15, 0.2) is 17.5 Å². The minimum atomic E-state index is -0.880. The highest BCUT2D eigenvalue weighted by atomic mass is 32.1. The van der Waals surface area contributed by atoms with Gasteiger partial charge in [0, 0.05) is 11.3 Å². The molecule has 0 spiro atoms. The molecule has 2 heterocycles. The fraction of sp³-hybridized carbons (Fsp3) is 0.680. The number of unbranched alkanes of at least 4 members (excludes halogenated alkanes) is 1. The second-order valence-electron chi connectivity index (χ2n) is 9.30. The van der Waals surface area contributed by atoms with Crippen LogP contribution in [0.4, 0.5) is 0 Å². The van der Waals surface area contributed by atoms with E-state index in [1.807, 2.05) is 38.3 Å². The SMILES string of the molecule is CCCC[C@H](C)[C@@H]1CC(=O)N[C@@H](Cc2cccs2)C(=O)N[C@@H](C)C(=O)N[C@H]([C@@H](C)CC)C(=O)O1. The van der Waals surface area contributed by atoms with Crippen LogP contribution in [0, 0.1) is 11.8 Å². The summed E-state index contributed by atoms with van der Waals surface area (Å²) in [4.78, 5) is 53.0. The van der Waals surface area contributed by atoms with Gasteiger partial charge in [-0.3, -0.25) is 14.4 Å². The summed E-state index contributed by atoms with van der Waals surface area (Å²) in [6.45, 7) is 9.41. The van der Waals surface area contributed by atoms with Crippen LogP contribution in [0.25, 0.3) is 0 Å². The molecule has 1 aliphatic heterocycles. The van der Waals surface area contributed by atoms with Gasteiger partial charge in [0.1, 0.15) is 24.2 Å². The molecule has 0 bridgehead atoms. The molecule has 1 aliphatic rings. The average Bonchev–Trinajstić information content (AvgIpc) is 3.31. The summed E-state index contributed by atoms with van der Waals surface area (Å²) in [5.74, 6) is -2.02. The maximum absolute atomic E-state index is 13.1. The molecule has 1 fully saturated rings. The van der Waals surface area contributed by atoms with Gasteiger partial charge in [-0.15, -0.1) is 11.3 Å². The Morgan fingerprint density at radius 1 is 1.06 bits per heavy atom. The molecule has 190 valence electrons. The Labute approximate surface area is 206 Å². The van der Waals surface area contributed by atoms with E-state index in [1.54, 1.807) is 6.92 Å². The van der Waals surface area contributed by atoms with Gasteiger partial charge in [0.05, 0.1) is 6.42 Å². The summed E-state index contributed by atoms with van der Waals surface area (Å²) in [5, 5.41) is 10.2. The Balaban J connectivity index is 2.36. The first-order valence-corrected chi connectivity index (χ1v) is 13.2. The third kappa shape index (κ3) is 8.11. The van der Waals surface area contributed by atoms with Crippen molar-refractivity contribution in [3.63, 3.8) is 0 Å². The molecule has 1 aromatic rings. The van der Waals surface area contributed by atoms with Gasteiger partial charge in [-0.05, 0) is 36.6 Å². The Morgan fingerprint density at radius 3 is 2.41 bits per heavy atom. The molecular formula is C25H39N3O5S. The van der Waals surface area contributed by atoms with E-state index in [4.69, 9.17) is 4.74 Å². The van der Waals surface area contributed by atoms with E-state index >= 15 is 0 Å². The van der Waals surface area contributed by atoms with Gasteiger partial charge in [0.25, 0.3) is 0 Å². The lowest BCUT2D eigenvalue weighted by Crippen LogP contribution is -2.55. The summed E-state index contributed by atoms with van der Waals surface area (Å²) in [5.41, 5.74) is 0. The van der Waals surface area contributed by atoms with Crippen LogP contribution in [-0.2, 0) is 30.3 Å². The summed E-state index contributed by atoms with van der Waals surface area (Å²) < 4.78 is 5.86. The van der Waals surface area contributed by atoms with Crippen LogP contribution in [0.2, 0.25) is 0 Å².